The summed E-state index contributed by atoms with van der Waals surface area (Å²) in [5, 5.41) is 9.25. The van der Waals surface area contributed by atoms with Gasteiger partial charge in [-0.2, -0.15) is 0 Å². The fraction of sp³-hybridized carbons (Fsp3) is 0. The van der Waals surface area contributed by atoms with Crippen molar-refractivity contribution in [3.05, 3.63) is 40.0 Å². The van der Waals surface area contributed by atoms with Gasteiger partial charge in [-0.25, -0.2) is 0 Å². The van der Waals surface area contributed by atoms with Crippen LogP contribution in [-0.2, 0) is 0 Å². The Morgan fingerprint density at radius 2 is 2.08 bits per heavy atom. The molecule has 62 valence electrons. The predicted octanol–water partition coefficient (Wildman–Crippen LogP) is 2.52. The quantitative estimate of drug-likeness (QED) is 0.511. The van der Waals surface area contributed by atoms with E-state index in [4.69, 9.17) is 0 Å². The Balaban J connectivity index is 3.03. The van der Waals surface area contributed by atoms with Crippen LogP contribution in [0.25, 0.3) is 0 Å². The van der Waals surface area contributed by atoms with Crippen LogP contribution in [0.1, 0.15) is 10.4 Å². The Kier molecular flexibility index (Phi) is 3.28. The summed E-state index contributed by atoms with van der Waals surface area (Å²) in [6.45, 7) is 0. The minimum absolute atomic E-state index is 0.0250. The van der Waals surface area contributed by atoms with Crippen LogP contribution in [0, 0.1) is 0 Å². The first-order valence-corrected chi connectivity index (χ1v) is 4.59. The van der Waals surface area contributed by atoms with Crippen LogP contribution in [0.2, 0.25) is 0 Å². The topological polar surface area (TPSA) is 37.3 Å². The third-order valence-corrected chi connectivity index (χ3v) is 1.74. The van der Waals surface area contributed by atoms with Crippen LogP contribution in [-0.4, -0.2) is 10.9 Å². The average molecular weight is 274 g/mol. The smallest absolute Gasteiger partial charge is 0.190 e. The van der Waals surface area contributed by atoms with Crippen molar-refractivity contribution >= 4 is 28.4 Å². The number of allylic oxidation sites excluding steroid dienone is 1. The maximum absolute atomic E-state index is 11.2. The van der Waals surface area contributed by atoms with Crippen molar-refractivity contribution in [2.75, 3.05) is 0 Å². The monoisotopic (exact) mass is 274 g/mol. The molecule has 1 aromatic carbocycles. The number of para-hydroxylation sites is 1. The van der Waals surface area contributed by atoms with Crippen LogP contribution in [0.15, 0.2) is 34.4 Å². The van der Waals surface area contributed by atoms with Crippen molar-refractivity contribution in [1.29, 1.82) is 0 Å². The maximum atomic E-state index is 11.2. The highest BCUT2D eigenvalue weighted by Gasteiger charge is 2.05. The van der Waals surface area contributed by atoms with Gasteiger partial charge in [0.2, 0.25) is 0 Å². The Morgan fingerprint density at radius 3 is 2.67 bits per heavy atom. The average Bonchev–Trinajstić information content (AvgIpc) is 2.05. The van der Waals surface area contributed by atoms with E-state index in [0.717, 1.165) is 0 Å². The zero-order valence-corrected chi connectivity index (χ0v) is 8.36. The molecule has 12 heavy (non-hydrogen) atoms. The number of hydrogen-bond acceptors (Lipinski definition) is 2. The van der Waals surface area contributed by atoms with Gasteiger partial charge in [0.25, 0.3) is 0 Å². The van der Waals surface area contributed by atoms with E-state index >= 15 is 0 Å². The van der Waals surface area contributed by atoms with E-state index in [1.54, 1.807) is 22.3 Å². The van der Waals surface area contributed by atoms with Gasteiger partial charge in [0.15, 0.2) is 5.78 Å². The summed E-state index contributed by atoms with van der Waals surface area (Å²) in [7, 11) is 0. The molecule has 0 fully saturated rings. The highest BCUT2D eigenvalue weighted by atomic mass is 127. The normalized spacial score (nSPS) is 10.4. The molecule has 0 aromatic heterocycles. The second kappa shape index (κ2) is 4.25. The predicted molar refractivity (Wildman–Crippen MR) is 55.6 cm³/mol. The van der Waals surface area contributed by atoms with Crippen molar-refractivity contribution in [2.24, 2.45) is 0 Å². The first-order valence-electron chi connectivity index (χ1n) is 3.35. The molecule has 0 bridgehead atoms. The fourth-order valence-electron chi connectivity index (χ4n) is 0.829. The first-order chi connectivity index (χ1) is 5.75. The molecular weight excluding hydrogens is 267 g/mol. The molecule has 0 aliphatic rings. The van der Waals surface area contributed by atoms with Gasteiger partial charge in [-0.1, -0.05) is 34.7 Å². The highest BCUT2D eigenvalue weighted by molar-refractivity contribution is 14.1. The number of hydrogen-bond donors (Lipinski definition) is 1. The second-order valence-corrected chi connectivity index (χ2v) is 2.89. The van der Waals surface area contributed by atoms with Crippen LogP contribution < -0.4 is 0 Å². The van der Waals surface area contributed by atoms with Crippen molar-refractivity contribution in [3.63, 3.8) is 0 Å². The number of halogens is 1. The van der Waals surface area contributed by atoms with Crippen molar-refractivity contribution in [3.8, 4) is 5.75 Å². The molecule has 0 atom stereocenters. The van der Waals surface area contributed by atoms with Crippen molar-refractivity contribution in [2.45, 2.75) is 0 Å². The number of carbonyl (C=O) groups excluding carboxylic acids is 1. The third-order valence-electron chi connectivity index (χ3n) is 1.38. The van der Waals surface area contributed by atoms with Crippen molar-refractivity contribution < 1.29 is 9.90 Å². The fourth-order valence-corrected chi connectivity index (χ4v) is 1.16. The number of phenols is 1. The molecule has 2 nitrogen and oxygen atoms in total. The number of phenolic OH excluding ortho intramolecular Hbond substituents is 1. The summed E-state index contributed by atoms with van der Waals surface area (Å²) < 4.78 is 1.62. The molecule has 0 unspecified atom stereocenters. The summed E-state index contributed by atoms with van der Waals surface area (Å²) in [5.41, 5.74) is 0.338. The molecule has 0 aliphatic heterocycles. The lowest BCUT2D eigenvalue weighted by atomic mass is 10.1. The van der Waals surface area contributed by atoms with Crippen LogP contribution in [0.4, 0.5) is 0 Å². The molecule has 0 radical (unpaired) electrons. The molecule has 3 heteroatoms. The molecule has 0 aliphatic carbocycles. The minimum Gasteiger partial charge on any atom is -0.507 e. The van der Waals surface area contributed by atoms with Gasteiger partial charge in [0, 0.05) is 0 Å². The molecule has 1 rings (SSSR count). The SMILES string of the molecule is O=C(/C=C/I)c1ccccc1O. The standard InChI is InChI=1S/C9H7IO2/c10-6-5-9(12)7-3-1-2-4-8(7)11/h1-6,11H/b6-5+. The number of ketones is 1. The first kappa shape index (κ1) is 9.25. The lowest BCUT2D eigenvalue weighted by Gasteiger charge is -1.97. The van der Waals surface area contributed by atoms with Gasteiger partial charge in [0.05, 0.1) is 5.56 Å². The molecule has 0 saturated carbocycles. The Bertz CT molecular complexity index is 318. The van der Waals surface area contributed by atoms with Crippen molar-refractivity contribution in [1.82, 2.24) is 0 Å². The van der Waals surface area contributed by atoms with Gasteiger partial charge >= 0.3 is 0 Å². The molecule has 0 saturated heterocycles. The lowest BCUT2D eigenvalue weighted by molar-refractivity contribution is 0.104. The van der Waals surface area contributed by atoms with Crippen LogP contribution in [0.3, 0.4) is 0 Å². The van der Waals surface area contributed by atoms with E-state index in [-0.39, 0.29) is 11.5 Å². The zero-order chi connectivity index (χ0) is 8.97. The third kappa shape index (κ3) is 2.07. The van der Waals surface area contributed by atoms with Gasteiger partial charge in [-0.3, -0.25) is 4.79 Å². The zero-order valence-electron chi connectivity index (χ0n) is 6.20. The largest absolute Gasteiger partial charge is 0.507 e. The summed E-state index contributed by atoms with van der Waals surface area (Å²) in [4.78, 5) is 11.2. The van der Waals surface area contributed by atoms with E-state index < -0.39 is 0 Å². The summed E-state index contributed by atoms with van der Waals surface area (Å²) in [6, 6.07) is 6.48. The molecule has 1 aromatic rings. The lowest BCUT2D eigenvalue weighted by Crippen LogP contribution is -1.93. The number of aromatic hydroxyl groups is 1. The van der Waals surface area contributed by atoms with Gasteiger partial charge < -0.3 is 5.11 Å². The van der Waals surface area contributed by atoms with E-state index in [9.17, 15) is 9.90 Å². The molecule has 0 spiro atoms. The van der Waals surface area contributed by atoms with Gasteiger partial charge in [0.1, 0.15) is 5.75 Å². The minimum atomic E-state index is -0.178. The van der Waals surface area contributed by atoms with Crippen LogP contribution in [0.5, 0.6) is 5.75 Å². The molecule has 0 heterocycles. The highest BCUT2D eigenvalue weighted by Crippen LogP contribution is 2.16. The number of rotatable bonds is 2. The Morgan fingerprint density at radius 1 is 1.42 bits per heavy atom. The summed E-state index contributed by atoms with van der Waals surface area (Å²) in [6.07, 6.45) is 1.41. The second-order valence-electron chi connectivity index (χ2n) is 2.17. The Labute approximate surface area is 84.1 Å². The number of carbonyl (C=O) groups is 1. The number of benzene rings is 1. The van der Waals surface area contributed by atoms with E-state index in [1.807, 2.05) is 22.6 Å². The maximum Gasteiger partial charge on any atom is 0.190 e. The molecule has 0 amide bonds. The van der Waals surface area contributed by atoms with E-state index in [1.165, 1.54) is 12.1 Å². The van der Waals surface area contributed by atoms with Crippen LogP contribution >= 0.6 is 22.6 Å². The molecular formula is C9H7IO2. The van der Waals surface area contributed by atoms with Gasteiger partial charge in [-0.15, -0.1) is 0 Å². The van der Waals surface area contributed by atoms with E-state index in [2.05, 4.69) is 0 Å². The summed E-state index contributed by atoms with van der Waals surface area (Å²) >= 11 is 1.96. The Hall–Kier alpha value is -0.840. The van der Waals surface area contributed by atoms with Gasteiger partial charge in [-0.05, 0) is 22.3 Å². The summed E-state index contributed by atoms with van der Waals surface area (Å²) in [5.74, 6) is -0.153. The van der Waals surface area contributed by atoms with E-state index in [0.29, 0.717) is 5.56 Å². The molecule has 1 N–H and O–H groups in total.